The molecule has 0 radical (unpaired) electrons. The minimum absolute atomic E-state index is 0.109. The average molecular weight is 206 g/mol. The Hall–Kier alpha value is -1.78. The zero-order valence-corrected chi connectivity index (χ0v) is 8.87. The van der Waals surface area contributed by atoms with Gasteiger partial charge >= 0.3 is 0 Å². The lowest BCUT2D eigenvalue weighted by molar-refractivity contribution is 0.855. The Bertz CT molecular complexity index is 552. The van der Waals surface area contributed by atoms with Gasteiger partial charge in [-0.3, -0.25) is 4.79 Å². The molecule has 3 N–H and O–H groups in total. The molecular weight excluding hydrogens is 192 g/mol. The number of hydrogen-bond donors (Lipinski definition) is 2. The van der Waals surface area contributed by atoms with Crippen LogP contribution in [0.1, 0.15) is 24.6 Å². The van der Waals surface area contributed by atoms with Gasteiger partial charge < -0.3 is 10.7 Å². The monoisotopic (exact) mass is 206 g/mol. The molecule has 0 saturated heterocycles. The lowest BCUT2D eigenvalue weighted by Crippen LogP contribution is -2.19. The first-order valence-corrected chi connectivity index (χ1v) is 5.00. The van der Waals surface area contributed by atoms with E-state index in [1.54, 1.807) is 10.6 Å². The Morgan fingerprint density at radius 1 is 1.60 bits per heavy atom. The number of fused-ring (bicyclic) bond motifs is 1. The number of H-pyrrole nitrogens is 1. The standard InChI is InChI=1S/C10H14N4O/c1-3-4-7-9(11)14-8(12-10(7)15)5-6(2)13-14/h5H,3-4,11H2,1-2H3,(H,12,15). The molecular formula is C10H14N4O. The first kappa shape index (κ1) is 9.76. The second-order valence-corrected chi connectivity index (χ2v) is 3.65. The summed E-state index contributed by atoms with van der Waals surface area (Å²) < 4.78 is 1.59. The van der Waals surface area contributed by atoms with Gasteiger partial charge in [-0.1, -0.05) is 13.3 Å². The molecule has 0 aliphatic carbocycles. The molecule has 2 heterocycles. The number of aromatic amines is 1. The molecule has 15 heavy (non-hydrogen) atoms. The first-order chi connectivity index (χ1) is 7.13. The number of nitrogen functional groups attached to an aromatic ring is 1. The maximum absolute atomic E-state index is 11.7. The first-order valence-electron chi connectivity index (χ1n) is 5.00. The van der Waals surface area contributed by atoms with Crippen LogP contribution in [0.25, 0.3) is 5.65 Å². The predicted molar refractivity (Wildman–Crippen MR) is 59.0 cm³/mol. The molecule has 0 aliphatic rings. The molecule has 0 spiro atoms. The minimum atomic E-state index is -0.109. The average Bonchev–Trinajstić information content (AvgIpc) is 2.53. The highest BCUT2D eigenvalue weighted by molar-refractivity contribution is 5.50. The molecule has 0 atom stereocenters. The maximum Gasteiger partial charge on any atom is 0.256 e. The molecule has 5 nitrogen and oxygen atoms in total. The van der Waals surface area contributed by atoms with Crippen molar-refractivity contribution in [3.8, 4) is 0 Å². The molecule has 80 valence electrons. The second-order valence-electron chi connectivity index (χ2n) is 3.65. The third kappa shape index (κ3) is 1.49. The molecule has 0 amide bonds. The number of rotatable bonds is 2. The number of aryl methyl sites for hydroxylation is 1. The Labute approximate surface area is 86.9 Å². The van der Waals surface area contributed by atoms with Gasteiger partial charge in [0.05, 0.1) is 11.3 Å². The molecule has 0 unspecified atom stereocenters. The van der Waals surface area contributed by atoms with Crippen LogP contribution in [0.3, 0.4) is 0 Å². The lowest BCUT2D eigenvalue weighted by atomic mass is 10.2. The fourth-order valence-electron chi connectivity index (χ4n) is 1.70. The summed E-state index contributed by atoms with van der Waals surface area (Å²) in [6.45, 7) is 3.88. The SMILES string of the molecule is CCCc1c(N)n2nc(C)cc2[nH]c1=O. The van der Waals surface area contributed by atoms with Crippen LogP contribution < -0.4 is 11.3 Å². The summed E-state index contributed by atoms with van der Waals surface area (Å²) >= 11 is 0. The summed E-state index contributed by atoms with van der Waals surface area (Å²) in [4.78, 5) is 14.4. The van der Waals surface area contributed by atoms with E-state index in [9.17, 15) is 4.79 Å². The number of anilines is 1. The van der Waals surface area contributed by atoms with Gasteiger partial charge in [-0.25, -0.2) is 4.52 Å². The summed E-state index contributed by atoms with van der Waals surface area (Å²) in [7, 11) is 0. The maximum atomic E-state index is 11.7. The molecule has 5 heteroatoms. The van der Waals surface area contributed by atoms with E-state index in [1.165, 1.54) is 0 Å². The van der Waals surface area contributed by atoms with Crippen LogP contribution >= 0.6 is 0 Å². The normalized spacial score (nSPS) is 11.1. The number of nitrogens with one attached hydrogen (secondary N) is 1. The van der Waals surface area contributed by atoms with Crippen LogP contribution in [-0.4, -0.2) is 14.6 Å². The van der Waals surface area contributed by atoms with Crippen LogP contribution in [-0.2, 0) is 6.42 Å². The molecule has 2 aromatic rings. The van der Waals surface area contributed by atoms with Crippen molar-refractivity contribution in [1.82, 2.24) is 14.6 Å². The summed E-state index contributed by atoms with van der Waals surface area (Å²) in [5.74, 6) is 0.448. The van der Waals surface area contributed by atoms with Crippen molar-refractivity contribution in [3.05, 3.63) is 27.7 Å². The third-order valence-corrected chi connectivity index (χ3v) is 2.38. The Morgan fingerprint density at radius 2 is 2.33 bits per heavy atom. The summed E-state index contributed by atoms with van der Waals surface area (Å²) in [6.07, 6.45) is 1.56. The van der Waals surface area contributed by atoms with Gasteiger partial charge in [0.2, 0.25) is 0 Å². The molecule has 2 aromatic heterocycles. The molecule has 2 rings (SSSR count). The Balaban J connectivity index is 2.77. The van der Waals surface area contributed by atoms with Crippen molar-refractivity contribution in [1.29, 1.82) is 0 Å². The number of hydrogen-bond acceptors (Lipinski definition) is 3. The predicted octanol–water partition coefficient (Wildman–Crippen LogP) is 0.866. The molecule has 0 bridgehead atoms. The van der Waals surface area contributed by atoms with Gasteiger partial charge in [0.1, 0.15) is 11.5 Å². The summed E-state index contributed by atoms with van der Waals surface area (Å²) in [5, 5.41) is 4.22. The van der Waals surface area contributed by atoms with E-state index in [2.05, 4.69) is 10.1 Å². The van der Waals surface area contributed by atoms with Crippen molar-refractivity contribution < 1.29 is 0 Å². The van der Waals surface area contributed by atoms with E-state index in [1.807, 2.05) is 13.8 Å². The van der Waals surface area contributed by atoms with Crippen LogP contribution in [0.5, 0.6) is 0 Å². The quantitative estimate of drug-likeness (QED) is 0.765. The zero-order valence-electron chi connectivity index (χ0n) is 8.87. The Kier molecular flexibility index (Phi) is 2.22. The molecule has 0 fully saturated rings. The van der Waals surface area contributed by atoms with Gasteiger partial charge in [0, 0.05) is 6.07 Å². The van der Waals surface area contributed by atoms with E-state index < -0.39 is 0 Å². The minimum Gasteiger partial charge on any atom is -0.383 e. The third-order valence-electron chi connectivity index (χ3n) is 2.38. The highest BCUT2D eigenvalue weighted by Crippen LogP contribution is 2.11. The van der Waals surface area contributed by atoms with Crippen LogP contribution in [0.4, 0.5) is 5.82 Å². The van der Waals surface area contributed by atoms with Crippen LogP contribution in [0.15, 0.2) is 10.9 Å². The van der Waals surface area contributed by atoms with Gasteiger partial charge in [-0.2, -0.15) is 5.10 Å². The number of nitrogens with zero attached hydrogens (tertiary/aromatic N) is 2. The van der Waals surface area contributed by atoms with Crippen molar-refractivity contribution >= 4 is 11.5 Å². The number of aromatic nitrogens is 3. The van der Waals surface area contributed by atoms with E-state index in [0.717, 1.165) is 12.1 Å². The van der Waals surface area contributed by atoms with Gasteiger partial charge in [-0.05, 0) is 13.3 Å². The van der Waals surface area contributed by atoms with E-state index in [0.29, 0.717) is 23.4 Å². The lowest BCUT2D eigenvalue weighted by Gasteiger charge is -2.04. The van der Waals surface area contributed by atoms with Crippen LogP contribution in [0.2, 0.25) is 0 Å². The highest BCUT2D eigenvalue weighted by atomic mass is 16.1. The van der Waals surface area contributed by atoms with Crippen molar-refractivity contribution in [2.75, 3.05) is 5.73 Å². The van der Waals surface area contributed by atoms with Gasteiger partial charge in [-0.15, -0.1) is 0 Å². The number of nitrogens with two attached hydrogens (primary N) is 1. The topological polar surface area (TPSA) is 76.2 Å². The van der Waals surface area contributed by atoms with Crippen molar-refractivity contribution in [2.24, 2.45) is 0 Å². The van der Waals surface area contributed by atoms with Gasteiger partial charge in [0.15, 0.2) is 0 Å². The van der Waals surface area contributed by atoms with Crippen molar-refractivity contribution in [2.45, 2.75) is 26.7 Å². The largest absolute Gasteiger partial charge is 0.383 e. The Morgan fingerprint density at radius 3 is 3.00 bits per heavy atom. The van der Waals surface area contributed by atoms with E-state index in [4.69, 9.17) is 5.73 Å². The molecule has 0 aromatic carbocycles. The molecule has 0 aliphatic heterocycles. The van der Waals surface area contributed by atoms with Crippen molar-refractivity contribution in [3.63, 3.8) is 0 Å². The highest BCUT2D eigenvalue weighted by Gasteiger charge is 2.10. The fraction of sp³-hybridized carbons (Fsp3) is 0.400. The summed E-state index contributed by atoms with van der Waals surface area (Å²) in [6, 6.07) is 1.80. The summed E-state index contributed by atoms with van der Waals surface area (Å²) in [5.41, 5.74) is 7.90. The second kappa shape index (κ2) is 3.42. The molecule has 0 saturated carbocycles. The van der Waals surface area contributed by atoms with Crippen LogP contribution in [0, 0.1) is 6.92 Å². The smallest absolute Gasteiger partial charge is 0.256 e. The fourth-order valence-corrected chi connectivity index (χ4v) is 1.70. The van der Waals surface area contributed by atoms with Gasteiger partial charge in [0.25, 0.3) is 5.56 Å². The van der Waals surface area contributed by atoms with E-state index in [-0.39, 0.29) is 5.56 Å². The van der Waals surface area contributed by atoms with E-state index >= 15 is 0 Å². The zero-order chi connectivity index (χ0) is 11.0.